The van der Waals surface area contributed by atoms with Gasteiger partial charge in [0.1, 0.15) is 24.4 Å². The molecule has 9 atom stereocenters. The van der Waals surface area contributed by atoms with Gasteiger partial charge in [0.05, 0.1) is 18.8 Å². The Hall–Kier alpha value is -1.76. The van der Waals surface area contributed by atoms with Crippen LogP contribution in [0.5, 0.6) is 11.5 Å². The minimum atomic E-state index is -1.55. The van der Waals surface area contributed by atoms with Crippen LogP contribution in [-0.2, 0) is 16.0 Å². The molecule has 0 aromatic heterocycles. The second-order valence-corrected chi connectivity index (χ2v) is 9.13. The highest BCUT2D eigenvalue weighted by atomic mass is 16.7. The van der Waals surface area contributed by atoms with Crippen LogP contribution in [0, 0.1) is 0 Å². The number of aliphatic hydroxyl groups is 5. The van der Waals surface area contributed by atoms with E-state index >= 15 is 0 Å². The highest BCUT2D eigenvalue weighted by Crippen LogP contribution is 2.50. The van der Waals surface area contributed by atoms with Gasteiger partial charge in [-0.25, -0.2) is 0 Å². The fourth-order valence-electron chi connectivity index (χ4n) is 5.83. The van der Waals surface area contributed by atoms with Crippen LogP contribution in [0.25, 0.3) is 0 Å². The van der Waals surface area contributed by atoms with Crippen molar-refractivity contribution in [2.75, 3.05) is 19.9 Å². The molecule has 0 amide bonds. The van der Waals surface area contributed by atoms with Gasteiger partial charge in [-0.3, -0.25) is 4.90 Å². The normalized spacial score (nSPS) is 42.4. The third kappa shape index (κ3) is 3.02. The Kier molecular flexibility index (Phi) is 4.97. The lowest BCUT2D eigenvalue weighted by molar-refractivity contribution is -0.318. The van der Waals surface area contributed by atoms with Crippen molar-refractivity contribution in [2.24, 2.45) is 0 Å². The molecule has 10 nitrogen and oxygen atoms in total. The highest BCUT2D eigenvalue weighted by molar-refractivity contribution is 5.53. The van der Waals surface area contributed by atoms with Crippen molar-refractivity contribution in [3.8, 4) is 11.5 Å². The summed E-state index contributed by atoms with van der Waals surface area (Å²) in [5, 5.41) is 51.3. The van der Waals surface area contributed by atoms with Gasteiger partial charge in [-0.1, -0.05) is 11.6 Å². The Morgan fingerprint density at radius 2 is 1.81 bits per heavy atom. The summed E-state index contributed by atoms with van der Waals surface area (Å²) in [6.45, 7) is 1.22. The van der Waals surface area contributed by atoms with Gasteiger partial charge in [0, 0.05) is 25.0 Å². The first-order valence-electron chi connectivity index (χ1n) is 11.0. The molecule has 1 aliphatic carbocycles. The minimum absolute atomic E-state index is 0.0288. The van der Waals surface area contributed by atoms with Crippen LogP contribution in [-0.4, -0.2) is 99.3 Å². The predicted octanol–water partition coefficient (Wildman–Crippen LogP) is -1.43. The molecule has 0 bridgehead atoms. The van der Waals surface area contributed by atoms with Gasteiger partial charge >= 0.3 is 0 Å². The second-order valence-electron chi connectivity index (χ2n) is 9.13. The van der Waals surface area contributed by atoms with Crippen molar-refractivity contribution < 1.29 is 44.5 Å². The van der Waals surface area contributed by atoms with E-state index in [-0.39, 0.29) is 18.8 Å². The van der Waals surface area contributed by atoms with Gasteiger partial charge in [0.15, 0.2) is 17.8 Å². The van der Waals surface area contributed by atoms with Gasteiger partial charge in [0.25, 0.3) is 0 Å². The van der Waals surface area contributed by atoms with E-state index in [9.17, 15) is 25.5 Å². The summed E-state index contributed by atoms with van der Waals surface area (Å²) in [4.78, 5) is 2.34. The molecule has 2 fully saturated rings. The van der Waals surface area contributed by atoms with E-state index in [0.29, 0.717) is 11.5 Å². The molecular weight excluding hydrogens is 422 g/mol. The highest BCUT2D eigenvalue weighted by Gasteiger charge is 2.52. The van der Waals surface area contributed by atoms with Gasteiger partial charge in [-0.2, -0.15) is 0 Å². The summed E-state index contributed by atoms with van der Waals surface area (Å²) in [6, 6.07) is 3.94. The molecule has 5 N–H and O–H groups in total. The fourth-order valence-corrected chi connectivity index (χ4v) is 5.83. The number of hydrogen-bond acceptors (Lipinski definition) is 10. The van der Waals surface area contributed by atoms with Crippen LogP contribution in [0.3, 0.4) is 0 Å². The molecule has 5 aliphatic rings. The maximum absolute atomic E-state index is 11.0. The van der Waals surface area contributed by atoms with Crippen LogP contribution in [0.15, 0.2) is 23.8 Å². The fraction of sp³-hybridized carbons (Fsp3) is 0.636. The molecule has 0 saturated carbocycles. The Labute approximate surface area is 184 Å². The van der Waals surface area contributed by atoms with E-state index in [2.05, 4.69) is 4.90 Å². The first-order chi connectivity index (χ1) is 15.5. The van der Waals surface area contributed by atoms with E-state index in [1.54, 1.807) is 0 Å². The maximum atomic E-state index is 11.0. The Morgan fingerprint density at radius 1 is 1.03 bits per heavy atom. The van der Waals surface area contributed by atoms with Gasteiger partial charge in [-0.05, 0) is 29.7 Å². The number of fused-ring (bicyclic) bond motifs is 3. The maximum Gasteiger partial charge on any atom is 0.231 e. The number of nitrogens with zero attached hydrogens (tertiary/aromatic N) is 1. The summed E-state index contributed by atoms with van der Waals surface area (Å²) < 4.78 is 22.8. The standard InChI is InChI=1S/C22H27NO9/c24-7-15-18(26)19(27)20(28)22(31-15)32-21-12(25)3-9-1-2-23-6-10-4-13-14(30-8-29-13)5-11(10)16(21)17(9)23/h3-5,12,15-22,24-28H,1-2,6-8H2/t12-,15+,16-,17-,18+,19-,20+,21+,22-/m0/s1. The minimum Gasteiger partial charge on any atom is -0.454 e. The molecule has 1 aromatic rings. The molecule has 32 heavy (non-hydrogen) atoms. The summed E-state index contributed by atoms with van der Waals surface area (Å²) in [5.41, 5.74) is 3.20. The number of benzene rings is 1. The zero-order valence-corrected chi connectivity index (χ0v) is 17.3. The second kappa shape index (κ2) is 7.64. The van der Waals surface area contributed by atoms with E-state index < -0.39 is 49.5 Å². The van der Waals surface area contributed by atoms with Crippen LogP contribution in [0.1, 0.15) is 23.5 Å². The SMILES string of the molecule is OC[C@H]1O[C@@H](O[C@H]2[C@H]3c4cc5c(cc4CN4CCC(=C[C@@H]2O)[C@@H]34)OCO5)[C@H](O)[C@@H](O)[C@@H]1O. The third-order valence-electron chi connectivity index (χ3n) is 7.38. The van der Waals surface area contributed by atoms with Crippen LogP contribution in [0.4, 0.5) is 0 Å². The number of aliphatic hydroxyl groups excluding tert-OH is 5. The van der Waals surface area contributed by atoms with E-state index in [4.69, 9.17) is 18.9 Å². The quantitative estimate of drug-likeness (QED) is 0.349. The molecule has 174 valence electrons. The Balaban J connectivity index is 1.37. The number of hydrogen-bond donors (Lipinski definition) is 5. The molecule has 4 heterocycles. The van der Waals surface area contributed by atoms with E-state index in [1.165, 1.54) is 0 Å². The summed E-state index contributed by atoms with van der Waals surface area (Å²) in [7, 11) is 0. The van der Waals surface area contributed by atoms with Gasteiger partial charge in [-0.15, -0.1) is 0 Å². The molecule has 4 aliphatic heterocycles. The Bertz CT molecular complexity index is 936. The molecular formula is C22H27NO9. The van der Waals surface area contributed by atoms with Crippen LogP contribution < -0.4 is 9.47 Å². The lowest BCUT2D eigenvalue weighted by atomic mass is 9.73. The lowest BCUT2D eigenvalue weighted by Gasteiger charge is -2.48. The average molecular weight is 449 g/mol. The van der Waals surface area contributed by atoms with E-state index in [1.807, 2.05) is 18.2 Å². The van der Waals surface area contributed by atoms with Crippen molar-refractivity contribution in [3.05, 3.63) is 34.9 Å². The summed E-state index contributed by atoms with van der Waals surface area (Å²) >= 11 is 0. The molecule has 10 heteroatoms. The zero-order chi connectivity index (χ0) is 22.1. The molecule has 2 saturated heterocycles. The molecule has 0 unspecified atom stereocenters. The predicted molar refractivity (Wildman–Crippen MR) is 107 cm³/mol. The van der Waals surface area contributed by atoms with E-state index in [0.717, 1.165) is 36.2 Å². The molecule has 6 rings (SSSR count). The topological polar surface area (TPSA) is 141 Å². The van der Waals surface area contributed by atoms with Crippen molar-refractivity contribution in [1.82, 2.24) is 4.90 Å². The van der Waals surface area contributed by atoms with Crippen molar-refractivity contribution in [3.63, 3.8) is 0 Å². The largest absolute Gasteiger partial charge is 0.454 e. The summed E-state index contributed by atoms with van der Waals surface area (Å²) in [6.07, 6.45) is -6.05. The molecule has 0 radical (unpaired) electrons. The van der Waals surface area contributed by atoms with Crippen LogP contribution >= 0.6 is 0 Å². The third-order valence-corrected chi connectivity index (χ3v) is 7.38. The monoisotopic (exact) mass is 449 g/mol. The Morgan fingerprint density at radius 3 is 2.59 bits per heavy atom. The van der Waals surface area contributed by atoms with Crippen molar-refractivity contribution >= 4 is 0 Å². The van der Waals surface area contributed by atoms with Crippen molar-refractivity contribution in [1.29, 1.82) is 0 Å². The molecule has 1 aromatic carbocycles. The summed E-state index contributed by atoms with van der Waals surface area (Å²) in [5.74, 6) is 1.07. The number of rotatable bonds is 3. The van der Waals surface area contributed by atoms with Gasteiger partial charge in [0.2, 0.25) is 6.79 Å². The molecule has 0 spiro atoms. The smallest absolute Gasteiger partial charge is 0.231 e. The van der Waals surface area contributed by atoms with Crippen LogP contribution in [0.2, 0.25) is 0 Å². The lowest BCUT2D eigenvalue weighted by Crippen LogP contribution is -2.61. The number of ether oxygens (including phenoxy) is 4. The first-order valence-corrected chi connectivity index (χ1v) is 11.0. The first kappa shape index (κ1) is 20.8. The van der Waals surface area contributed by atoms with Gasteiger partial charge < -0.3 is 44.5 Å². The van der Waals surface area contributed by atoms with Crippen molar-refractivity contribution in [2.45, 2.75) is 67.8 Å². The zero-order valence-electron chi connectivity index (χ0n) is 17.3. The average Bonchev–Trinajstić information content (AvgIpc) is 3.41.